The summed E-state index contributed by atoms with van der Waals surface area (Å²) in [5.74, 6) is 6.44. The molecule has 0 saturated carbocycles. The first kappa shape index (κ1) is 14.0. The van der Waals surface area contributed by atoms with E-state index < -0.39 is 0 Å². The van der Waals surface area contributed by atoms with E-state index in [1.165, 1.54) is 6.20 Å². The minimum absolute atomic E-state index is 0.424. The van der Waals surface area contributed by atoms with Gasteiger partial charge in [-0.2, -0.15) is 0 Å². The molecule has 0 fully saturated rings. The summed E-state index contributed by atoms with van der Waals surface area (Å²) in [6.45, 7) is 3.07. The second kappa shape index (κ2) is 7.30. The van der Waals surface area contributed by atoms with E-state index in [0.29, 0.717) is 31.0 Å². The van der Waals surface area contributed by atoms with Gasteiger partial charge in [-0.25, -0.2) is 4.99 Å². The van der Waals surface area contributed by atoms with Crippen molar-refractivity contribution in [3.05, 3.63) is 23.5 Å². The molecule has 0 aromatic heterocycles. The lowest BCUT2D eigenvalue weighted by atomic mass is 10.1. The molecule has 1 aliphatic heterocycles. The number of nitrogens with two attached hydrogens (primary N) is 2. The zero-order valence-corrected chi connectivity index (χ0v) is 10.8. The van der Waals surface area contributed by atoms with Crippen molar-refractivity contribution in [2.24, 2.45) is 21.5 Å². The minimum atomic E-state index is 0.424. The Morgan fingerprint density at radius 1 is 1.56 bits per heavy atom. The molecule has 1 heterocycles. The molecule has 0 aromatic carbocycles. The zero-order valence-electron chi connectivity index (χ0n) is 10.8. The number of hydrogen-bond acceptors (Lipinski definition) is 5. The van der Waals surface area contributed by atoms with Crippen LogP contribution < -0.4 is 16.8 Å². The number of rotatable bonds is 2. The van der Waals surface area contributed by atoms with Crippen LogP contribution in [0.4, 0.5) is 0 Å². The van der Waals surface area contributed by atoms with Crippen LogP contribution in [0.2, 0.25) is 0 Å². The molecule has 1 aliphatic rings. The fourth-order valence-corrected chi connectivity index (χ4v) is 1.48. The summed E-state index contributed by atoms with van der Waals surface area (Å²) in [6.07, 6.45) is 4.01. The van der Waals surface area contributed by atoms with Gasteiger partial charge in [-0.15, -0.1) is 0 Å². The highest BCUT2D eigenvalue weighted by atomic mass is 14.9. The molecule has 0 bridgehead atoms. The number of hydrogen-bond donors (Lipinski definition) is 3. The Hall–Kier alpha value is -2.06. The van der Waals surface area contributed by atoms with Crippen LogP contribution in [-0.2, 0) is 0 Å². The highest BCUT2D eigenvalue weighted by molar-refractivity contribution is 6.11. The molecule has 0 atom stereocenters. The van der Waals surface area contributed by atoms with E-state index >= 15 is 0 Å². The molecule has 96 valence electrons. The van der Waals surface area contributed by atoms with Crippen molar-refractivity contribution in [1.29, 1.82) is 0 Å². The maximum Gasteiger partial charge on any atom is 0.106 e. The highest BCUT2D eigenvalue weighted by Crippen LogP contribution is 2.12. The second-order valence-corrected chi connectivity index (χ2v) is 3.91. The van der Waals surface area contributed by atoms with E-state index in [0.717, 1.165) is 11.3 Å². The predicted octanol–water partition coefficient (Wildman–Crippen LogP) is 0.158. The van der Waals surface area contributed by atoms with Gasteiger partial charge >= 0.3 is 0 Å². The highest BCUT2D eigenvalue weighted by Gasteiger charge is 2.09. The van der Waals surface area contributed by atoms with Gasteiger partial charge in [0, 0.05) is 12.6 Å². The smallest absolute Gasteiger partial charge is 0.106 e. The predicted molar refractivity (Wildman–Crippen MR) is 76.3 cm³/mol. The van der Waals surface area contributed by atoms with Crippen LogP contribution in [-0.4, -0.2) is 31.7 Å². The molecule has 0 amide bonds. The van der Waals surface area contributed by atoms with E-state index in [9.17, 15) is 0 Å². The summed E-state index contributed by atoms with van der Waals surface area (Å²) in [6, 6.07) is 0. The van der Waals surface area contributed by atoms with Gasteiger partial charge in [0.2, 0.25) is 0 Å². The fraction of sp³-hybridized carbons (Fsp3) is 0.385. The Labute approximate surface area is 108 Å². The lowest BCUT2D eigenvalue weighted by molar-refractivity contribution is 0.937. The van der Waals surface area contributed by atoms with E-state index in [4.69, 9.17) is 11.5 Å². The first-order valence-electron chi connectivity index (χ1n) is 5.74. The number of aliphatic imine (C=N–C) groups is 2. The van der Waals surface area contributed by atoms with Crippen molar-refractivity contribution < 1.29 is 0 Å². The van der Waals surface area contributed by atoms with Gasteiger partial charge in [0.05, 0.1) is 12.3 Å². The largest absolute Gasteiger partial charge is 0.403 e. The third-order valence-corrected chi connectivity index (χ3v) is 2.25. The van der Waals surface area contributed by atoms with Gasteiger partial charge < -0.3 is 16.8 Å². The third-order valence-electron chi connectivity index (χ3n) is 2.25. The lowest BCUT2D eigenvalue weighted by Gasteiger charge is -1.99. The van der Waals surface area contributed by atoms with Crippen LogP contribution in [0.1, 0.15) is 13.3 Å². The van der Waals surface area contributed by atoms with E-state index in [2.05, 4.69) is 27.1 Å². The number of nitrogens with zero attached hydrogens (tertiary/aromatic N) is 2. The molecule has 1 rings (SSSR count). The molecule has 0 aliphatic carbocycles. The first-order valence-corrected chi connectivity index (χ1v) is 5.74. The van der Waals surface area contributed by atoms with E-state index in [1.807, 2.05) is 20.0 Å². The van der Waals surface area contributed by atoms with Crippen molar-refractivity contribution in [1.82, 2.24) is 5.32 Å². The van der Waals surface area contributed by atoms with Gasteiger partial charge in [-0.05, 0) is 20.0 Å². The minimum Gasteiger partial charge on any atom is -0.403 e. The average molecular weight is 245 g/mol. The summed E-state index contributed by atoms with van der Waals surface area (Å²) < 4.78 is 0. The second-order valence-electron chi connectivity index (χ2n) is 3.91. The topological polar surface area (TPSA) is 88.8 Å². The Kier molecular flexibility index (Phi) is 5.68. The van der Waals surface area contributed by atoms with Crippen molar-refractivity contribution in [2.75, 3.05) is 20.1 Å². The van der Waals surface area contributed by atoms with Crippen LogP contribution in [0.5, 0.6) is 0 Å². The summed E-state index contributed by atoms with van der Waals surface area (Å²) in [5, 5.41) is 2.95. The Bertz CT molecular complexity index is 471. The van der Waals surface area contributed by atoms with E-state index in [1.54, 1.807) is 0 Å². The summed E-state index contributed by atoms with van der Waals surface area (Å²) >= 11 is 0. The summed E-state index contributed by atoms with van der Waals surface area (Å²) in [5.41, 5.74) is 13.7. The fourth-order valence-electron chi connectivity index (χ4n) is 1.48. The molecule has 0 spiro atoms. The van der Waals surface area contributed by atoms with Crippen molar-refractivity contribution in [3.8, 4) is 11.8 Å². The number of nitrogens with one attached hydrogen (secondary N) is 1. The van der Waals surface area contributed by atoms with E-state index in [-0.39, 0.29) is 0 Å². The van der Waals surface area contributed by atoms with Crippen LogP contribution in [0.25, 0.3) is 0 Å². The molecule has 5 heteroatoms. The Balaban J connectivity index is 2.88. The van der Waals surface area contributed by atoms with Gasteiger partial charge in [-0.1, -0.05) is 17.4 Å². The first-order chi connectivity index (χ1) is 8.67. The molecule has 0 aromatic rings. The van der Waals surface area contributed by atoms with Gasteiger partial charge in [0.1, 0.15) is 18.1 Å². The Morgan fingerprint density at radius 3 is 3.00 bits per heavy atom. The average Bonchev–Trinajstić information content (AvgIpc) is 2.47. The standard InChI is InChI=1S/C13H19N5/c1-10-7-11(17-6-4-3-5-16-2)12(9-14)18-13(15)8-10/h7,9,16H,5-6,8,14H2,1-2H3,(H2,15,18)/b12-9+,17-11?. The number of amidine groups is 1. The monoisotopic (exact) mass is 245 g/mol. The van der Waals surface area contributed by atoms with Crippen LogP contribution in [0, 0.1) is 11.8 Å². The van der Waals surface area contributed by atoms with Crippen LogP contribution in [0.3, 0.4) is 0 Å². The lowest BCUT2D eigenvalue weighted by Crippen LogP contribution is -2.11. The third kappa shape index (κ3) is 4.44. The van der Waals surface area contributed by atoms with Crippen molar-refractivity contribution in [2.45, 2.75) is 13.3 Å². The summed E-state index contributed by atoms with van der Waals surface area (Å²) in [4.78, 5) is 8.61. The molecule has 0 saturated heterocycles. The van der Waals surface area contributed by atoms with Crippen molar-refractivity contribution in [3.63, 3.8) is 0 Å². The molecule has 0 radical (unpaired) electrons. The molecule has 5 nitrogen and oxygen atoms in total. The zero-order chi connectivity index (χ0) is 13.4. The SMILES string of the molecule is CNCC#CCN=C1C=C(C)CC(N)=N/C1=C/N. The number of allylic oxidation sites excluding steroid dienone is 1. The normalized spacial score (nSPS) is 19.9. The van der Waals surface area contributed by atoms with Crippen LogP contribution in [0.15, 0.2) is 33.5 Å². The molecule has 0 unspecified atom stereocenters. The van der Waals surface area contributed by atoms with Crippen LogP contribution >= 0.6 is 0 Å². The summed E-state index contributed by atoms with van der Waals surface area (Å²) in [7, 11) is 1.85. The quantitative estimate of drug-likeness (QED) is 0.605. The maximum atomic E-state index is 5.77. The van der Waals surface area contributed by atoms with Gasteiger partial charge in [-0.3, -0.25) is 4.99 Å². The Morgan fingerprint density at radius 2 is 2.33 bits per heavy atom. The van der Waals surface area contributed by atoms with Crippen molar-refractivity contribution >= 4 is 11.5 Å². The molecule has 18 heavy (non-hydrogen) atoms. The van der Waals surface area contributed by atoms with Gasteiger partial charge in [0.25, 0.3) is 0 Å². The van der Waals surface area contributed by atoms with Gasteiger partial charge in [0.15, 0.2) is 0 Å². The molecular weight excluding hydrogens is 226 g/mol. The maximum absolute atomic E-state index is 5.77. The molecule has 5 N–H and O–H groups in total. The molecular formula is C13H19N5.